The fourth-order valence-corrected chi connectivity index (χ4v) is 2.14. The molecule has 0 spiro atoms. The van der Waals surface area contributed by atoms with Gasteiger partial charge in [-0.25, -0.2) is 0 Å². The standard InChI is InChI=1S/C14H17N/c1-15(2)14(11-7-4-8-12-14)13-9-5-3-6-10-13/h3-11H,12H2,1-2H3. The summed E-state index contributed by atoms with van der Waals surface area (Å²) in [5, 5.41) is 0. The van der Waals surface area contributed by atoms with Crippen molar-refractivity contribution in [3.05, 3.63) is 60.2 Å². The summed E-state index contributed by atoms with van der Waals surface area (Å²) in [6, 6.07) is 10.7. The average Bonchev–Trinajstić information content (AvgIpc) is 2.31. The van der Waals surface area contributed by atoms with E-state index in [1.165, 1.54) is 5.56 Å². The van der Waals surface area contributed by atoms with Gasteiger partial charge in [0.2, 0.25) is 0 Å². The Labute approximate surface area is 91.7 Å². The van der Waals surface area contributed by atoms with Gasteiger partial charge < -0.3 is 0 Å². The van der Waals surface area contributed by atoms with E-state index >= 15 is 0 Å². The van der Waals surface area contributed by atoms with Crippen LogP contribution in [0, 0.1) is 0 Å². The van der Waals surface area contributed by atoms with Gasteiger partial charge in [0.15, 0.2) is 0 Å². The Hall–Kier alpha value is -1.34. The first kappa shape index (κ1) is 10.2. The van der Waals surface area contributed by atoms with Crippen LogP contribution in [-0.4, -0.2) is 19.0 Å². The fourth-order valence-electron chi connectivity index (χ4n) is 2.14. The second-order valence-corrected chi connectivity index (χ2v) is 4.18. The molecule has 0 heterocycles. The number of benzene rings is 1. The summed E-state index contributed by atoms with van der Waals surface area (Å²) in [4.78, 5) is 2.28. The minimum atomic E-state index is 0.0377. The first-order chi connectivity index (χ1) is 7.26. The number of likely N-dealkylation sites (N-methyl/N-ethyl adjacent to an activating group) is 1. The van der Waals surface area contributed by atoms with Gasteiger partial charge in [-0.1, -0.05) is 54.6 Å². The summed E-state index contributed by atoms with van der Waals surface area (Å²) in [5.41, 5.74) is 1.39. The molecule has 0 aromatic heterocycles. The van der Waals surface area contributed by atoms with Gasteiger partial charge in [0.05, 0.1) is 5.54 Å². The summed E-state index contributed by atoms with van der Waals surface area (Å²) in [7, 11) is 4.27. The minimum Gasteiger partial charge on any atom is -0.296 e. The maximum absolute atomic E-state index is 2.28. The highest BCUT2D eigenvalue weighted by Crippen LogP contribution is 2.34. The molecule has 1 aliphatic carbocycles. The quantitative estimate of drug-likeness (QED) is 0.708. The third-order valence-corrected chi connectivity index (χ3v) is 3.12. The smallest absolute Gasteiger partial charge is 0.0678 e. The van der Waals surface area contributed by atoms with Crippen LogP contribution < -0.4 is 0 Å². The van der Waals surface area contributed by atoms with Crippen molar-refractivity contribution in [3.63, 3.8) is 0 Å². The molecular formula is C14H17N. The van der Waals surface area contributed by atoms with E-state index in [0.717, 1.165) is 6.42 Å². The molecule has 1 atom stereocenters. The Kier molecular flexibility index (Phi) is 2.74. The molecular weight excluding hydrogens is 182 g/mol. The van der Waals surface area contributed by atoms with E-state index in [4.69, 9.17) is 0 Å². The molecule has 1 aromatic carbocycles. The molecule has 1 unspecified atom stereocenters. The van der Waals surface area contributed by atoms with Crippen molar-refractivity contribution in [2.75, 3.05) is 14.1 Å². The van der Waals surface area contributed by atoms with E-state index in [-0.39, 0.29) is 5.54 Å². The molecule has 1 heteroatoms. The number of nitrogens with zero attached hydrogens (tertiary/aromatic N) is 1. The van der Waals surface area contributed by atoms with Crippen molar-refractivity contribution in [2.24, 2.45) is 0 Å². The van der Waals surface area contributed by atoms with Crippen LogP contribution >= 0.6 is 0 Å². The van der Waals surface area contributed by atoms with Crippen molar-refractivity contribution < 1.29 is 0 Å². The van der Waals surface area contributed by atoms with Gasteiger partial charge in [0.1, 0.15) is 0 Å². The van der Waals surface area contributed by atoms with E-state index in [1.54, 1.807) is 0 Å². The minimum absolute atomic E-state index is 0.0377. The first-order valence-electron chi connectivity index (χ1n) is 5.33. The van der Waals surface area contributed by atoms with E-state index in [0.29, 0.717) is 0 Å². The molecule has 0 aliphatic heterocycles. The third kappa shape index (κ3) is 1.75. The van der Waals surface area contributed by atoms with Crippen LogP contribution in [0.25, 0.3) is 0 Å². The van der Waals surface area contributed by atoms with Crippen LogP contribution in [0.2, 0.25) is 0 Å². The predicted molar refractivity (Wildman–Crippen MR) is 64.7 cm³/mol. The Morgan fingerprint density at radius 2 is 1.80 bits per heavy atom. The van der Waals surface area contributed by atoms with Crippen molar-refractivity contribution in [1.29, 1.82) is 0 Å². The summed E-state index contributed by atoms with van der Waals surface area (Å²) < 4.78 is 0. The van der Waals surface area contributed by atoms with Gasteiger partial charge in [-0.15, -0.1) is 0 Å². The normalized spacial score (nSPS) is 24.7. The monoisotopic (exact) mass is 199 g/mol. The molecule has 0 bridgehead atoms. The van der Waals surface area contributed by atoms with Crippen LogP contribution in [0.15, 0.2) is 54.6 Å². The molecule has 0 amide bonds. The highest BCUT2D eigenvalue weighted by atomic mass is 15.1. The summed E-state index contributed by atoms with van der Waals surface area (Å²) in [5.74, 6) is 0. The van der Waals surface area contributed by atoms with E-state index in [1.807, 2.05) is 0 Å². The summed E-state index contributed by atoms with van der Waals surface area (Å²) in [6.07, 6.45) is 9.80. The van der Waals surface area contributed by atoms with Gasteiger partial charge in [0, 0.05) is 0 Å². The van der Waals surface area contributed by atoms with Crippen LogP contribution in [0.5, 0.6) is 0 Å². The van der Waals surface area contributed by atoms with Crippen LogP contribution in [0.3, 0.4) is 0 Å². The average molecular weight is 199 g/mol. The molecule has 1 nitrogen and oxygen atoms in total. The summed E-state index contributed by atoms with van der Waals surface area (Å²) >= 11 is 0. The van der Waals surface area contributed by atoms with Crippen molar-refractivity contribution in [2.45, 2.75) is 12.0 Å². The van der Waals surface area contributed by atoms with Crippen LogP contribution in [0.4, 0.5) is 0 Å². The Morgan fingerprint density at radius 3 is 2.33 bits per heavy atom. The molecule has 0 saturated carbocycles. The molecule has 1 aliphatic rings. The number of rotatable bonds is 2. The Balaban J connectivity index is 2.44. The molecule has 15 heavy (non-hydrogen) atoms. The molecule has 78 valence electrons. The van der Waals surface area contributed by atoms with Gasteiger partial charge in [0.25, 0.3) is 0 Å². The zero-order valence-electron chi connectivity index (χ0n) is 9.35. The highest BCUT2D eigenvalue weighted by Gasteiger charge is 2.31. The summed E-state index contributed by atoms with van der Waals surface area (Å²) in [6.45, 7) is 0. The molecule has 0 saturated heterocycles. The van der Waals surface area contributed by atoms with Crippen molar-refractivity contribution in [1.82, 2.24) is 4.90 Å². The van der Waals surface area contributed by atoms with E-state index in [9.17, 15) is 0 Å². The van der Waals surface area contributed by atoms with Crippen LogP contribution in [0.1, 0.15) is 12.0 Å². The molecule has 2 rings (SSSR count). The third-order valence-electron chi connectivity index (χ3n) is 3.12. The Bertz CT molecular complexity index is 376. The van der Waals surface area contributed by atoms with Crippen molar-refractivity contribution >= 4 is 0 Å². The second-order valence-electron chi connectivity index (χ2n) is 4.18. The number of allylic oxidation sites excluding steroid dienone is 2. The molecule has 0 N–H and O–H groups in total. The second kappa shape index (κ2) is 4.03. The molecule has 0 fully saturated rings. The zero-order chi connectivity index (χ0) is 10.7. The molecule has 1 aromatic rings. The lowest BCUT2D eigenvalue weighted by molar-refractivity contribution is 0.210. The lowest BCUT2D eigenvalue weighted by Crippen LogP contribution is -2.39. The van der Waals surface area contributed by atoms with Gasteiger partial charge in [-0.05, 0) is 26.1 Å². The maximum Gasteiger partial charge on any atom is 0.0678 e. The zero-order valence-corrected chi connectivity index (χ0v) is 9.35. The van der Waals surface area contributed by atoms with E-state index in [2.05, 4.69) is 73.6 Å². The molecule has 0 radical (unpaired) electrons. The highest BCUT2D eigenvalue weighted by molar-refractivity contribution is 5.34. The first-order valence-corrected chi connectivity index (χ1v) is 5.33. The van der Waals surface area contributed by atoms with Gasteiger partial charge in [-0.3, -0.25) is 4.90 Å². The van der Waals surface area contributed by atoms with Crippen LogP contribution in [-0.2, 0) is 5.54 Å². The number of hydrogen-bond donors (Lipinski definition) is 0. The topological polar surface area (TPSA) is 3.24 Å². The van der Waals surface area contributed by atoms with Gasteiger partial charge >= 0.3 is 0 Å². The fraction of sp³-hybridized carbons (Fsp3) is 0.286. The lowest BCUT2D eigenvalue weighted by Gasteiger charge is -2.38. The van der Waals surface area contributed by atoms with E-state index < -0.39 is 0 Å². The lowest BCUT2D eigenvalue weighted by atomic mass is 9.83. The largest absolute Gasteiger partial charge is 0.296 e. The maximum atomic E-state index is 2.28. The predicted octanol–water partition coefficient (Wildman–Crippen LogP) is 2.96. The SMILES string of the molecule is CN(C)C1(c2ccccc2)C=CC=CC1. The van der Waals surface area contributed by atoms with Crippen molar-refractivity contribution in [3.8, 4) is 0 Å². The van der Waals surface area contributed by atoms with Gasteiger partial charge in [-0.2, -0.15) is 0 Å². The Morgan fingerprint density at radius 1 is 1.07 bits per heavy atom. The number of hydrogen-bond acceptors (Lipinski definition) is 1.